The molecule has 1 amide bonds. The molecule has 0 spiro atoms. The van der Waals surface area contributed by atoms with Crippen molar-refractivity contribution in [2.24, 2.45) is 5.41 Å². The highest BCUT2D eigenvalue weighted by molar-refractivity contribution is 6.00. The molecule has 1 unspecified atom stereocenters. The van der Waals surface area contributed by atoms with Crippen LogP contribution >= 0.6 is 0 Å². The van der Waals surface area contributed by atoms with Gasteiger partial charge < -0.3 is 19.9 Å². The van der Waals surface area contributed by atoms with Crippen LogP contribution in [0, 0.1) is 12.3 Å². The minimum Gasteiger partial charge on any atom is -0.453 e. The van der Waals surface area contributed by atoms with Gasteiger partial charge in [0.05, 0.1) is 18.1 Å². The Kier molecular flexibility index (Phi) is 6.66. The largest absolute Gasteiger partial charge is 0.453 e. The predicted molar refractivity (Wildman–Crippen MR) is 130 cm³/mol. The van der Waals surface area contributed by atoms with Crippen LogP contribution in [0.25, 0.3) is 11.0 Å². The van der Waals surface area contributed by atoms with Crippen LogP contribution in [0.1, 0.15) is 62.6 Å². The molecule has 8 heteroatoms. The van der Waals surface area contributed by atoms with Crippen molar-refractivity contribution in [3.05, 3.63) is 23.5 Å². The predicted octanol–water partition coefficient (Wildman–Crippen LogP) is 3.89. The van der Waals surface area contributed by atoms with Gasteiger partial charge in [-0.3, -0.25) is 9.69 Å². The van der Waals surface area contributed by atoms with Crippen molar-refractivity contribution in [3.63, 3.8) is 0 Å². The second-order valence-corrected chi connectivity index (χ2v) is 9.98. The van der Waals surface area contributed by atoms with Crippen molar-refractivity contribution in [1.82, 2.24) is 20.2 Å². The topological polar surface area (TPSA) is 90.6 Å². The summed E-state index contributed by atoms with van der Waals surface area (Å²) < 4.78 is 4.70. The number of H-pyrrole nitrogens is 1. The number of aromatic amines is 1. The van der Waals surface area contributed by atoms with E-state index in [1.54, 1.807) is 0 Å². The Bertz CT molecular complexity index is 1020. The molecule has 1 saturated heterocycles. The number of carbonyl (C=O) groups is 2. The molecule has 1 aromatic carbocycles. The van der Waals surface area contributed by atoms with Gasteiger partial charge >= 0.3 is 6.09 Å². The minimum atomic E-state index is -0.481. The summed E-state index contributed by atoms with van der Waals surface area (Å²) in [4.78, 5) is 37.9. The van der Waals surface area contributed by atoms with Gasteiger partial charge in [-0.15, -0.1) is 0 Å². The number of anilines is 1. The first-order valence-electron chi connectivity index (χ1n) is 12.1. The third kappa shape index (κ3) is 4.71. The van der Waals surface area contributed by atoms with Gasteiger partial charge in [0.2, 0.25) is 5.78 Å². The number of alkyl carbamates (subject to hydrolysis) is 1. The van der Waals surface area contributed by atoms with Gasteiger partial charge in [-0.1, -0.05) is 13.8 Å². The summed E-state index contributed by atoms with van der Waals surface area (Å²) in [6.45, 7) is 12.8. The maximum absolute atomic E-state index is 13.4. The van der Waals surface area contributed by atoms with E-state index in [0.717, 1.165) is 50.1 Å². The van der Waals surface area contributed by atoms with Crippen LogP contribution < -0.4 is 10.2 Å². The molecule has 2 aromatic rings. The highest BCUT2D eigenvalue weighted by Gasteiger charge is 2.39. The molecule has 2 aliphatic rings. The molecule has 33 heavy (non-hydrogen) atoms. The van der Waals surface area contributed by atoms with Gasteiger partial charge in [-0.2, -0.15) is 0 Å². The number of imidazole rings is 1. The van der Waals surface area contributed by atoms with Crippen LogP contribution in [-0.4, -0.2) is 72.1 Å². The first kappa shape index (κ1) is 23.5. The number of hydrogen-bond donors (Lipinski definition) is 2. The Morgan fingerprint density at radius 1 is 1.27 bits per heavy atom. The Labute approximate surface area is 196 Å². The van der Waals surface area contributed by atoms with E-state index in [2.05, 4.69) is 53.0 Å². The first-order valence-corrected chi connectivity index (χ1v) is 12.1. The van der Waals surface area contributed by atoms with Gasteiger partial charge in [0.25, 0.3) is 0 Å². The zero-order valence-corrected chi connectivity index (χ0v) is 20.5. The molecule has 8 nitrogen and oxygen atoms in total. The molecule has 4 rings (SSSR count). The van der Waals surface area contributed by atoms with Gasteiger partial charge in [0.15, 0.2) is 5.82 Å². The number of amides is 1. The van der Waals surface area contributed by atoms with Crippen molar-refractivity contribution < 1.29 is 14.3 Å². The van der Waals surface area contributed by atoms with Gasteiger partial charge in [0.1, 0.15) is 0 Å². The van der Waals surface area contributed by atoms with Crippen LogP contribution in [0.3, 0.4) is 0 Å². The molecular weight excluding hydrogens is 418 g/mol. The molecule has 0 bridgehead atoms. The number of fused-ring (bicyclic) bond motifs is 1. The molecule has 2 heterocycles. The summed E-state index contributed by atoms with van der Waals surface area (Å²) in [7, 11) is 1.37. The number of carbonyl (C=O) groups excluding carboxylic acids is 2. The lowest BCUT2D eigenvalue weighted by molar-refractivity contribution is 0.0715. The van der Waals surface area contributed by atoms with Crippen LogP contribution in [0.5, 0.6) is 0 Å². The van der Waals surface area contributed by atoms with Crippen molar-refractivity contribution in [1.29, 1.82) is 0 Å². The van der Waals surface area contributed by atoms with Crippen LogP contribution in [-0.2, 0) is 4.74 Å². The molecule has 1 aromatic heterocycles. The number of methoxy groups -OCH3 is 1. The van der Waals surface area contributed by atoms with E-state index in [4.69, 9.17) is 9.72 Å². The summed E-state index contributed by atoms with van der Waals surface area (Å²) in [5.74, 6) is 0.492. The number of nitrogens with zero attached hydrogens (tertiary/aromatic N) is 3. The van der Waals surface area contributed by atoms with E-state index >= 15 is 0 Å². The highest BCUT2D eigenvalue weighted by Crippen LogP contribution is 2.39. The fourth-order valence-electron chi connectivity index (χ4n) is 5.39. The molecule has 2 N–H and O–H groups in total. The average Bonchev–Trinajstić information content (AvgIpc) is 3.22. The number of hydrogen-bond acceptors (Lipinski definition) is 6. The monoisotopic (exact) mass is 455 g/mol. The lowest BCUT2D eigenvalue weighted by atomic mass is 9.71. The van der Waals surface area contributed by atoms with E-state index in [9.17, 15) is 9.59 Å². The maximum atomic E-state index is 13.4. The Balaban J connectivity index is 1.51. The number of ether oxygens (including phenoxy) is 1. The number of aromatic nitrogens is 2. The SMILES string of the molecule is CCN1CCN(c2cc3nc(C(=O)C4(C)CCC(NC(=O)OC)CC4)[nH]c3cc2C)C(C)C1. The number of rotatable bonds is 5. The number of Topliss-reactive ketones (excluding diaryl/α,β-unsaturated/α-hetero) is 1. The first-order chi connectivity index (χ1) is 15.7. The van der Waals surface area contributed by atoms with Crippen molar-refractivity contribution in [3.8, 4) is 0 Å². The van der Waals surface area contributed by atoms with E-state index < -0.39 is 11.5 Å². The number of benzene rings is 1. The maximum Gasteiger partial charge on any atom is 0.407 e. The summed E-state index contributed by atoms with van der Waals surface area (Å²) in [5, 5.41) is 2.86. The van der Waals surface area contributed by atoms with Gasteiger partial charge in [-0.05, 0) is 63.8 Å². The molecule has 0 radical (unpaired) electrons. The average molecular weight is 456 g/mol. The summed E-state index contributed by atoms with van der Waals surface area (Å²) in [6.07, 6.45) is 2.51. The molecule has 1 aliphatic heterocycles. The lowest BCUT2D eigenvalue weighted by Gasteiger charge is -2.41. The third-order valence-corrected chi connectivity index (χ3v) is 7.63. The van der Waals surface area contributed by atoms with E-state index in [1.165, 1.54) is 18.4 Å². The molecule has 2 fully saturated rings. The number of ketones is 1. The van der Waals surface area contributed by atoms with Crippen LogP contribution in [0.4, 0.5) is 10.5 Å². The lowest BCUT2D eigenvalue weighted by Crippen LogP contribution is -2.52. The number of likely N-dealkylation sites (N-methyl/N-ethyl adjacent to an activating group) is 1. The standard InChI is InChI=1S/C25H37N5O3/c1-6-29-11-12-30(17(3)15-29)21-14-20-19(13-16(21)2)27-23(28-20)22(31)25(4)9-7-18(8-10-25)26-24(32)33-5/h13-14,17-18H,6-12,15H2,1-5H3,(H,26,32)(H,27,28). The second kappa shape index (κ2) is 9.33. The van der Waals surface area contributed by atoms with Crippen LogP contribution in [0.15, 0.2) is 12.1 Å². The third-order valence-electron chi connectivity index (χ3n) is 7.63. The van der Waals surface area contributed by atoms with Crippen molar-refractivity contribution >= 4 is 28.6 Å². The van der Waals surface area contributed by atoms with Crippen molar-refractivity contribution in [2.45, 2.75) is 65.5 Å². The molecular formula is C25H37N5O3. The zero-order valence-electron chi connectivity index (χ0n) is 20.5. The van der Waals surface area contributed by atoms with Gasteiger partial charge in [0, 0.05) is 42.8 Å². The second-order valence-electron chi connectivity index (χ2n) is 9.98. The summed E-state index contributed by atoms with van der Waals surface area (Å²) in [6, 6.07) is 4.74. The minimum absolute atomic E-state index is 0.0503. The fourth-order valence-corrected chi connectivity index (χ4v) is 5.39. The van der Waals surface area contributed by atoms with Crippen molar-refractivity contribution in [2.75, 3.05) is 38.2 Å². The molecule has 1 saturated carbocycles. The Morgan fingerprint density at radius 2 is 2.00 bits per heavy atom. The number of aryl methyl sites for hydroxylation is 1. The van der Waals surface area contributed by atoms with E-state index in [1.807, 2.05) is 6.92 Å². The molecule has 1 aliphatic carbocycles. The zero-order chi connectivity index (χ0) is 23.8. The Hall–Kier alpha value is -2.61. The highest BCUT2D eigenvalue weighted by atomic mass is 16.5. The summed E-state index contributed by atoms with van der Waals surface area (Å²) in [5.41, 5.74) is 3.67. The fraction of sp³-hybridized carbons (Fsp3) is 0.640. The normalized spacial score (nSPS) is 26.4. The molecule has 180 valence electrons. The number of piperazine rings is 1. The molecule has 1 atom stereocenters. The van der Waals surface area contributed by atoms with E-state index in [0.29, 0.717) is 24.7 Å². The van der Waals surface area contributed by atoms with Gasteiger partial charge in [-0.25, -0.2) is 9.78 Å². The smallest absolute Gasteiger partial charge is 0.407 e. The Morgan fingerprint density at radius 3 is 2.64 bits per heavy atom. The van der Waals surface area contributed by atoms with Crippen LogP contribution in [0.2, 0.25) is 0 Å². The van der Waals surface area contributed by atoms with E-state index in [-0.39, 0.29) is 11.8 Å². The number of nitrogens with one attached hydrogen (secondary N) is 2. The quantitative estimate of drug-likeness (QED) is 0.665. The summed E-state index contributed by atoms with van der Waals surface area (Å²) >= 11 is 0.